The zero-order valence-electron chi connectivity index (χ0n) is 16.8. The van der Waals surface area contributed by atoms with Gasteiger partial charge in [0.25, 0.3) is 0 Å². The Balaban J connectivity index is 1.46. The van der Waals surface area contributed by atoms with Gasteiger partial charge in [-0.05, 0) is 74.0 Å². The molecule has 0 radical (unpaired) electrons. The molecule has 25 heavy (non-hydrogen) atoms. The molecule has 144 valence electrons. The Morgan fingerprint density at radius 1 is 1.00 bits per heavy atom. The number of ether oxygens (including phenoxy) is 1. The molecule has 2 heteroatoms. The monoisotopic (exact) mass is 348 g/mol. The zero-order chi connectivity index (χ0) is 17.6. The molecule has 0 aromatic rings. The van der Waals surface area contributed by atoms with Crippen LogP contribution >= 0.6 is 0 Å². The van der Waals surface area contributed by atoms with Gasteiger partial charge >= 0.3 is 0 Å². The predicted molar refractivity (Wildman–Crippen MR) is 102 cm³/mol. The highest BCUT2D eigenvalue weighted by Crippen LogP contribution is 2.66. The summed E-state index contributed by atoms with van der Waals surface area (Å²) in [6, 6.07) is 0. The van der Waals surface area contributed by atoms with Crippen molar-refractivity contribution < 1.29 is 9.84 Å². The molecule has 0 heterocycles. The van der Waals surface area contributed by atoms with Gasteiger partial charge in [0.1, 0.15) is 0 Å². The maximum Gasteiger partial charge on any atom is 0.158 e. The fourth-order valence-corrected chi connectivity index (χ4v) is 7.93. The van der Waals surface area contributed by atoms with Crippen LogP contribution in [-0.4, -0.2) is 17.0 Å². The molecule has 0 aliphatic heterocycles. The van der Waals surface area contributed by atoms with E-state index in [2.05, 4.69) is 20.8 Å². The first-order valence-corrected chi connectivity index (χ1v) is 11.5. The average molecular weight is 349 g/mol. The van der Waals surface area contributed by atoms with Gasteiger partial charge in [-0.1, -0.05) is 52.9 Å². The SMILES string of the molecule is CCCC1CC(CC)C2C3CC(CC3C(O)OC3(CC)CCCC3)C12. The fourth-order valence-electron chi connectivity index (χ4n) is 7.93. The molecule has 0 amide bonds. The molecular weight excluding hydrogens is 308 g/mol. The van der Waals surface area contributed by atoms with Gasteiger partial charge in [0, 0.05) is 5.92 Å². The van der Waals surface area contributed by atoms with Gasteiger partial charge in [0.15, 0.2) is 6.29 Å². The molecule has 0 aromatic carbocycles. The summed E-state index contributed by atoms with van der Waals surface area (Å²) >= 11 is 0. The van der Waals surface area contributed by atoms with Crippen LogP contribution in [0.4, 0.5) is 0 Å². The Bertz CT molecular complexity index is 455. The van der Waals surface area contributed by atoms with E-state index in [0.717, 1.165) is 54.8 Å². The van der Waals surface area contributed by atoms with E-state index in [1.807, 2.05) is 0 Å². The van der Waals surface area contributed by atoms with Gasteiger partial charge in [0.05, 0.1) is 5.60 Å². The van der Waals surface area contributed by atoms with Gasteiger partial charge in [-0.2, -0.15) is 0 Å². The number of aliphatic hydroxyl groups excluding tert-OH is 1. The molecule has 0 saturated heterocycles. The molecule has 8 atom stereocenters. The average Bonchev–Trinajstić information content (AvgIpc) is 3.36. The quantitative estimate of drug-likeness (QED) is 0.591. The van der Waals surface area contributed by atoms with Crippen molar-refractivity contribution in [1.29, 1.82) is 0 Å². The third-order valence-electron chi connectivity index (χ3n) is 8.96. The van der Waals surface area contributed by atoms with Crippen molar-refractivity contribution in [2.75, 3.05) is 0 Å². The first-order valence-electron chi connectivity index (χ1n) is 11.5. The summed E-state index contributed by atoms with van der Waals surface area (Å²) in [4.78, 5) is 0. The number of aliphatic hydroxyl groups is 1. The van der Waals surface area contributed by atoms with E-state index in [9.17, 15) is 5.11 Å². The van der Waals surface area contributed by atoms with E-state index in [4.69, 9.17) is 4.74 Å². The summed E-state index contributed by atoms with van der Waals surface area (Å²) in [5.74, 6) is 5.81. The minimum Gasteiger partial charge on any atom is -0.368 e. The summed E-state index contributed by atoms with van der Waals surface area (Å²) in [5, 5.41) is 11.1. The van der Waals surface area contributed by atoms with Crippen LogP contribution in [-0.2, 0) is 4.74 Å². The van der Waals surface area contributed by atoms with Crippen LogP contribution in [0.5, 0.6) is 0 Å². The van der Waals surface area contributed by atoms with Crippen LogP contribution in [0.2, 0.25) is 0 Å². The number of hydrogen-bond donors (Lipinski definition) is 1. The van der Waals surface area contributed by atoms with Gasteiger partial charge in [-0.15, -0.1) is 0 Å². The lowest BCUT2D eigenvalue weighted by Crippen LogP contribution is -2.42. The molecule has 8 unspecified atom stereocenters. The lowest BCUT2D eigenvalue weighted by molar-refractivity contribution is -0.220. The van der Waals surface area contributed by atoms with Crippen LogP contribution in [0.25, 0.3) is 0 Å². The lowest BCUT2D eigenvalue weighted by atomic mass is 9.70. The number of hydrogen-bond acceptors (Lipinski definition) is 2. The van der Waals surface area contributed by atoms with Crippen molar-refractivity contribution in [1.82, 2.24) is 0 Å². The molecule has 2 bridgehead atoms. The van der Waals surface area contributed by atoms with Crippen molar-refractivity contribution in [3.05, 3.63) is 0 Å². The smallest absolute Gasteiger partial charge is 0.158 e. The van der Waals surface area contributed by atoms with E-state index >= 15 is 0 Å². The van der Waals surface area contributed by atoms with Crippen molar-refractivity contribution in [3.8, 4) is 0 Å². The number of rotatable bonds is 7. The Morgan fingerprint density at radius 3 is 2.40 bits per heavy atom. The van der Waals surface area contributed by atoms with Crippen LogP contribution < -0.4 is 0 Å². The van der Waals surface area contributed by atoms with Crippen molar-refractivity contribution in [3.63, 3.8) is 0 Å². The summed E-state index contributed by atoms with van der Waals surface area (Å²) in [5.41, 5.74) is -0.00870. The first kappa shape index (κ1) is 18.3. The predicted octanol–water partition coefficient (Wildman–Crippen LogP) is 5.78. The standard InChI is InChI=1S/C23H40O2/c1-4-9-16-12-15(5-2)21-18-13-17(20(16)21)14-19(18)22(24)25-23(6-3)10-7-8-11-23/h15-22,24H,4-14H2,1-3H3. The Morgan fingerprint density at radius 2 is 1.76 bits per heavy atom. The van der Waals surface area contributed by atoms with E-state index < -0.39 is 6.29 Å². The molecule has 1 N–H and O–H groups in total. The van der Waals surface area contributed by atoms with E-state index in [1.54, 1.807) is 0 Å². The van der Waals surface area contributed by atoms with Gasteiger partial charge in [-0.25, -0.2) is 0 Å². The highest BCUT2D eigenvalue weighted by Gasteiger charge is 2.61. The molecule has 4 aliphatic carbocycles. The molecule has 0 aromatic heterocycles. The minimum absolute atomic E-state index is 0.00870. The maximum absolute atomic E-state index is 11.1. The highest BCUT2D eigenvalue weighted by molar-refractivity contribution is 5.08. The molecule has 4 saturated carbocycles. The molecule has 2 nitrogen and oxygen atoms in total. The second-order valence-electron chi connectivity index (χ2n) is 9.92. The molecule has 4 fully saturated rings. The summed E-state index contributed by atoms with van der Waals surface area (Å²) in [6.07, 6.45) is 13.6. The Hall–Kier alpha value is -0.0800. The second-order valence-corrected chi connectivity index (χ2v) is 9.92. The Labute approximate surface area is 155 Å². The normalized spacial score (nSPS) is 45.8. The van der Waals surface area contributed by atoms with Crippen LogP contribution in [0, 0.1) is 41.4 Å². The maximum atomic E-state index is 11.1. The Kier molecular flexibility index (Phi) is 5.23. The lowest BCUT2D eigenvalue weighted by Gasteiger charge is -2.40. The third kappa shape index (κ3) is 3.00. The van der Waals surface area contributed by atoms with Crippen molar-refractivity contribution >= 4 is 0 Å². The van der Waals surface area contributed by atoms with E-state index in [1.165, 1.54) is 51.4 Å². The summed E-state index contributed by atoms with van der Waals surface area (Å²) < 4.78 is 6.43. The van der Waals surface area contributed by atoms with Gasteiger partial charge < -0.3 is 9.84 Å². The van der Waals surface area contributed by atoms with E-state index in [-0.39, 0.29) is 5.60 Å². The largest absolute Gasteiger partial charge is 0.368 e. The molecular formula is C23H40O2. The van der Waals surface area contributed by atoms with Crippen LogP contribution in [0.3, 0.4) is 0 Å². The third-order valence-corrected chi connectivity index (χ3v) is 8.96. The number of fused-ring (bicyclic) bond motifs is 5. The second kappa shape index (κ2) is 7.15. The molecule has 4 rings (SSSR count). The topological polar surface area (TPSA) is 29.5 Å². The van der Waals surface area contributed by atoms with Crippen LogP contribution in [0.15, 0.2) is 0 Å². The van der Waals surface area contributed by atoms with Gasteiger partial charge in [0.2, 0.25) is 0 Å². The molecule has 0 spiro atoms. The van der Waals surface area contributed by atoms with Crippen molar-refractivity contribution in [2.45, 2.75) is 103 Å². The fraction of sp³-hybridized carbons (Fsp3) is 1.00. The van der Waals surface area contributed by atoms with Crippen LogP contribution in [0.1, 0.15) is 91.4 Å². The summed E-state index contributed by atoms with van der Waals surface area (Å²) in [6.45, 7) is 7.00. The minimum atomic E-state index is -0.503. The highest BCUT2D eigenvalue weighted by atomic mass is 16.6. The summed E-state index contributed by atoms with van der Waals surface area (Å²) in [7, 11) is 0. The molecule has 4 aliphatic rings. The van der Waals surface area contributed by atoms with Crippen molar-refractivity contribution in [2.24, 2.45) is 41.4 Å². The van der Waals surface area contributed by atoms with Gasteiger partial charge in [-0.3, -0.25) is 0 Å². The zero-order valence-corrected chi connectivity index (χ0v) is 16.8. The first-order chi connectivity index (χ1) is 12.1. The van der Waals surface area contributed by atoms with E-state index in [0.29, 0.717) is 5.92 Å².